The van der Waals surface area contributed by atoms with Crippen LogP contribution in [0.1, 0.15) is 22.8 Å². The number of rotatable bonds is 6. The predicted molar refractivity (Wildman–Crippen MR) is 132 cm³/mol. The van der Waals surface area contributed by atoms with Gasteiger partial charge in [0.05, 0.1) is 29.9 Å². The number of hydrogen-bond acceptors (Lipinski definition) is 5. The standard InChI is InChI=1S/C27H24N4O3/c1-3-34-27(33)16(2)14-31-15-21-19(10-11-22(28)24(21)26(31)32)18-9-12-23-20(13-18)25(30-29-23)17-7-5-4-6-8-17/h4-13H,2-3,14-15,28H2,1H3,(H,29,30). The van der Waals surface area contributed by atoms with Crippen LogP contribution in [0.5, 0.6) is 0 Å². The molecule has 0 atom stereocenters. The first kappa shape index (κ1) is 21.5. The number of nitrogens with one attached hydrogen (secondary N) is 1. The van der Waals surface area contributed by atoms with E-state index in [4.69, 9.17) is 10.5 Å². The van der Waals surface area contributed by atoms with Crippen molar-refractivity contribution in [3.63, 3.8) is 0 Å². The van der Waals surface area contributed by atoms with Crippen molar-refractivity contribution < 1.29 is 14.3 Å². The molecule has 0 radical (unpaired) electrons. The van der Waals surface area contributed by atoms with E-state index in [0.29, 0.717) is 17.8 Å². The number of fused-ring (bicyclic) bond motifs is 2. The minimum atomic E-state index is -0.502. The van der Waals surface area contributed by atoms with Crippen molar-refractivity contribution in [2.45, 2.75) is 13.5 Å². The lowest BCUT2D eigenvalue weighted by atomic mass is 9.94. The molecule has 170 valence electrons. The molecule has 7 heteroatoms. The van der Waals surface area contributed by atoms with Crippen LogP contribution in [0, 0.1) is 0 Å². The fraction of sp³-hybridized carbons (Fsp3) is 0.148. The Labute approximate surface area is 196 Å². The number of esters is 1. The third-order valence-corrected chi connectivity index (χ3v) is 6.06. The fourth-order valence-corrected chi connectivity index (χ4v) is 4.43. The number of hydrogen-bond donors (Lipinski definition) is 2. The Balaban J connectivity index is 1.53. The normalized spacial score (nSPS) is 12.7. The highest BCUT2D eigenvalue weighted by Crippen LogP contribution is 2.38. The van der Waals surface area contributed by atoms with Crippen LogP contribution in [-0.4, -0.2) is 40.1 Å². The summed E-state index contributed by atoms with van der Waals surface area (Å²) in [5.41, 5.74) is 12.9. The number of anilines is 1. The first-order valence-electron chi connectivity index (χ1n) is 11.1. The highest BCUT2D eigenvalue weighted by Gasteiger charge is 2.33. The van der Waals surface area contributed by atoms with Gasteiger partial charge in [0.2, 0.25) is 0 Å². The van der Waals surface area contributed by atoms with Gasteiger partial charge in [0.25, 0.3) is 5.91 Å². The molecule has 34 heavy (non-hydrogen) atoms. The Morgan fingerprint density at radius 2 is 1.94 bits per heavy atom. The number of benzene rings is 3. The van der Waals surface area contributed by atoms with E-state index in [1.807, 2.05) is 48.5 Å². The number of nitrogen functional groups attached to an aromatic ring is 1. The molecule has 1 aliphatic heterocycles. The van der Waals surface area contributed by atoms with E-state index in [9.17, 15) is 9.59 Å². The fourth-order valence-electron chi connectivity index (χ4n) is 4.43. The van der Waals surface area contributed by atoms with Crippen molar-refractivity contribution in [3.05, 3.63) is 83.9 Å². The van der Waals surface area contributed by atoms with Crippen LogP contribution in [0.25, 0.3) is 33.3 Å². The van der Waals surface area contributed by atoms with Crippen LogP contribution in [0.4, 0.5) is 5.69 Å². The Kier molecular flexibility index (Phi) is 5.37. The number of aromatic amines is 1. The Morgan fingerprint density at radius 3 is 2.71 bits per heavy atom. The molecular formula is C27H24N4O3. The van der Waals surface area contributed by atoms with Crippen LogP contribution < -0.4 is 5.73 Å². The van der Waals surface area contributed by atoms with Crippen molar-refractivity contribution in [2.75, 3.05) is 18.9 Å². The maximum Gasteiger partial charge on any atom is 0.335 e. The van der Waals surface area contributed by atoms with E-state index >= 15 is 0 Å². The second-order valence-electron chi connectivity index (χ2n) is 8.24. The third-order valence-electron chi connectivity index (χ3n) is 6.06. The van der Waals surface area contributed by atoms with Crippen molar-refractivity contribution in [2.24, 2.45) is 0 Å². The number of amides is 1. The number of carbonyl (C=O) groups is 2. The molecule has 0 aliphatic carbocycles. The lowest BCUT2D eigenvalue weighted by Gasteiger charge is -2.16. The van der Waals surface area contributed by atoms with Gasteiger partial charge < -0.3 is 15.4 Å². The lowest BCUT2D eigenvalue weighted by molar-refractivity contribution is -0.138. The van der Waals surface area contributed by atoms with Crippen molar-refractivity contribution in [1.29, 1.82) is 0 Å². The third kappa shape index (κ3) is 3.61. The molecule has 0 unspecified atom stereocenters. The summed E-state index contributed by atoms with van der Waals surface area (Å²) in [6, 6.07) is 19.8. The molecule has 2 heterocycles. The van der Waals surface area contributed by atoms with Gasteiger partial charge in [0.1, 0.15) is 0 Å². The summed E-state index contributed by atoms with van der Waals surface area (Å²) in [5, 5.41) is 8.60. The van der Waals surface area contributed by atoms with Gasteiger partial charge in [-0.3, -0.25) is 9.89 Å². The largest absolute Gasteiger partial charge is 0.463 e. The van der Waals surface area contributed by atoms with Crippen LogP contribution in [0.15, 0.2) is 72.8 Å². The van der Waals surface area contributed by atoms with Gasteiger partial charge in [-0.25, -0.2) is 4.79 Å². The predicted octanol–water partition coefficient (Wildman–Crippen LogP) is 4.55. The molecule has 1 amide bonds. The highest BCUT2D eigenvalue weighted by molar-refractivity contribution is 6.06. The van der Waals surface area contributed by atoms with E-state index in [1.165, 1.54) is 0 Å². The molecule has 0 fully saturated rings. The van der Waals surface area contributed by atoms with E-state index in [2.05, 4.69) is 22.8 Å². The molecule has 7 nitrogen and oxygen atoms in total. The molecule has 0 bridgehead atoms. The summed E-state index contributed by atoms with van der Waals surface area (Å²) >= 11 is 0. The topological polar surface area (TPSA) is 101 Å². The van der Waals surface area contributed by atoms with Gasteiger partial charge in [-0.1, -0.05) is 49.0 Å². The molecule has 3 N–H and O–H groups in total. The molecule has 1 aliphatic rings. The van der Waals surface area contributed by atoms with E-state index < -0.39 is 5.97 Å². The average Bonchev–Trinajstić information content (AvgIpc) is 3.41. The van der Waals surface area contributed by atoms with E-state index in [1.54, 1.807) is 17.9 Å². The molecule has 0 saturated carbocycles. The summed E-state index contributed by atoms with van der Waals surface area (Å²) < 4.78 is 5.01. The summed E-state index contributed by atoms with van der Waals surface area (Å²) in [4.78, 5) is 26.8. The quantitative estimate of drug-likeness (QED) is 0.254. The first-order chi connectivity index (χ1) is 16.5. The molecular weight excluding hydrogens is 428 g/mol. The average molecular weight is 453 g/mol. The van der Waals surface area contributed by atoms with Gasteiger partial charge in [-0.15, -0.1) is 0 Å². The maximum atomic E-state index is 13.2. The molecule has 0 spiro atoms. The molecule has 4 aromatic rings. The SMILES string of the molecule is C=C(CN1Cc2c(-c3ccc4[nH]nc(-c5ccccc5)c4c3)ccc(N)c2C1=O)C(=O)OCC. The Bertz CT molecular complexity index is 1440. The van der Waals surface area contributed by atoms with Crippen molar-refractivity contribution in [3.8, 4) is 22.4 Å². The van der Waals surface area contributed by atoms with Gasteiger partial charge in [0, 0.05) is 28.8 Å². The number of carbonyl (C=O) groups excluding carboxylic acids is 2. The monoisotopic (exact) mass is 452 g/mol. The van der Waals surface area contributed by atoms with Crippen LogP contribution in [0.2, 0.25) is 0 Å². The van der Waals surface area contributed by atoms with Gasteiger partial charge >= 0.3 is 5.97 Å². The molecule has 3 aromatic carbocycles. The zero-order valence-corrected chi connectivity index (χ0v) is 18.8. The lowest BCUT2D eigenvalue weighted by Crippen LogP contribution is -2.29. The molecule has 5 rings (SSSR count). The summed E-state index contributed by atoms with van der Waals surface area (Å²) in [6.07, 6.45) is 0. The van der Waals surface area contributed by atoms with E-state index in [-0.39, 0.29) is 24.6 Å². The molecule has 1 aromatic heterocycles. The second kappa shape index (κ2) is 8.51. The van der Waals surface area contributed by atoms with Crippen LogP contribution in [0.3, 0.4) is 0 Å². The highest BCUT2D eigenvalue weighted by atomic mass is 16.5. The first-order valence-corrected chi connectivity index (χ1v) is 11.1. The Morgan fingerprint density at radius 1 is 1.15 bits per heavy atom. The second-order valence-corrected chi connectivity index (χ2v) is 8.24. The number of aromatic nitrogens is 2. The number of nitrogens with two attached hydrogens (primary N) is 1. The zero-order chi connectivity index (χ0) is 23.8. The van der Waals surface area contributed by atoms with Crippen molar-refractivity contribution in [1.82, 2.24) is 15.1 Å². The zero-order valence-electron chi connectivity index (χ0n) is 18.8. The van der Waals surface area contributed by atoms with Crippen molar-refractivity contribution >= 4 is 28.5 Å². The number of H-pyrrole nitrogens is 1. The minimum absolute atomic E-state index is 0.0874. The minimum Gasteiger partial charge on any atom is -0.463 e. The summed E-state index contributed by atoms with van der Waals surface area (Å²) in [5.74, 6) is -0.715. The number of ether oxygens (including phenoxy) is 1. The van der Waals surface area contributed by atoms with E-state index in [0.717, 1.165) is 38.9 Å². The van der Waals surface area contributed by atoms with Gasteiger partial charge in [-0.2, -0.15) is 5.10 Å². The van der Waals surface area contributed by atoms with Gasteiger partial charge in [0.15, 0.2) is 0 Å². The van der Waals surface area contributed by atoms with Crippen LogP contribution >= 0.6 is 0 Å². The molecule has 0 saturated heterocycles. The van der Waals surface area contributed by atoms with Gasteiger partial charge in [-0.05, 0) is 41.8 Å². The Hall–Kier alpha value is -4.39. The maximum absolute atomic E-state index is 13.2. The smallest absolute Gasteiger partial charge is 0.335 e. The van der Waals surface area contributed by atoms with Crippen LogP contribution in [-0.2, 0) is 16.1 Å². The summed E-state index contributed by atoms with van der Waals surface area (Å²) in [6.45, 7) is 6.20. The number of nitrogens with zero attached hydrogens (tertiary/aromatic N) is 2. The summed E-state index contributed by atoms with van der Waals surface area (Å²) in [7, 11) is 0.